The van der Waals surface area contributed by atoms with Crippen LogP contribution in [0.5, 0.6) is 0 Å². The summed E-state index contributed by atoms with van der Waals surface area (Å²) in [4.78, 5) is 28.0. The monoisotopic (exact) mass is 411 g/mol. The fourth-order valence-corrected chi connectivity index (χ4v) is 3.63. The average molecular weight is 412 g/mol. The van der Waals surface area contributed by atoms with E-state index in [9.17, 15) is 9.59 Å². The van der Waals surface area contributed by atoms with Crippen LogP contribution in [0.25, 0.3) is 11.3 Å². The number of nitrogens with one attached hydrogen (secondary N) is 3. The molecule has 1 aliphatic rings. The van der Waals surface area contributed by atoms with Gasteiger partial charge in [-0.25, -0.2) is 0 Å². The Morgan fingerprint density at radius 3 is 2.62 bits per heavy atom. The summed E-state index contributed by atoms with van der Waals surface area (Å²) < 4.78 is 0. The number of piperidine rings is 1. The Morgan fingerprint density at radius 1 is 1.17 bits per heavy atom. The summed E-state index contributed by atoms with van der Waals surface area (Å²) in [5.74, 6) is 1.20. The minimum absolute atomic E-state index is 0.163. The molecule has 0 unspecified atom stereocenters. The molecule has 0 atom stereocenters. The van der Waals surface area contributed by atoms with Crippen LogP contribution in [0, 0.1) is 5.92 Å². The first-order valence-electron chi connectivity index (χ1n) is 9.62. The molecule has 29 heavy (non-hydrogen) atoms. The molecule has 3 aromatic rings. The summed E-state index contributed by atoms with van der Waals surface area (Å²) in [6, 6.07) is 12.6. The molecule has 0 saturated carbocycles. The number of hydrogen-bond acceptors (Lipinski definition) is 4. The highest BCUT2D eigenvalue weighted by Crippen LogP contribution is 2.26. The number of pyridine rings is 1. The van der Waals surface area contributed by atoms with Gasteiger partial charge in [0.25, 0.3) is 5.91 Å². The first-order valence-corrected chi connectivity index (χ1v) is 9.99. The summed E-state index contributed by atoms with van der Waals surface area (Å²) in [6.45, 7) is 2.41. The van der Waals surface area contributed by atoms with Gasteiger partial charge >= 0.3 is 0 Å². The number of aromatic nitrogens is 3. The van der Waals surface area contributed by atoms with Crippen molar-refractivity contribution < 1.29 is 4.79 Å². The maximum Gasteiger partial charge on any atom is 0.252 e. The van der Waals surface area contributed by atoms with E-state index >= 15 is 0 Å². The number of aromatic amines is 2. The lowest BCUT2D eigenvalue weighted by atomic mass is 9.96. The maximum atomic E-state index is 12.2. The second-order valence-corrected chi connectivity index (χ2v) is 7.67. The van der Waals surface area contributed by atoms with Gasteiger partial charge in [-0.1, -0.05) is 23.7 Å². The second-order valence-electron chi connectivity index (χ2n) is 7.23. The summed E-state index contributed by atoms with van der Waals surface area (Å²) in [7, 11) is 0. The van der Waals surface area contributed by atoms with Crippen LogP contribution >= 0.6 is 11.6 Å². The lowest BCUT2D eigenvalue weighted by Crippen LogP contribution is -2.39. The van der Waals surface area contributed by atoms with E-state index in [1.165, 1.54) is 18.3 Å². The largest absolute Gasteiger partial charge is 0.355 e. The third-order valence-electron chi connectivity index (χ3n) is 5.26. The number of halogens is 1. The maximum absolute atomic E-state index is 12.2. The van der Waals surface area contributed by atoms with E-state index in [2.05, 4.69) is 31.5 Å². The summed E-state index contributed by atoms with van der Waals surface area (Å²) in [5.41, 5.74) is 2.26. The van der Waals surface area contributed by atoms with Gasteiger partial charge in [-0.15, -0.1) is 0 Å². The number of amides is 1. The van der Waals surface area contributed by atoms with E-state index in [1.54, 1.807) is 0 Å². The average Bonchev–Trinajstić information content (AvgIpc) is 3.24. The van der Waals surface area contributed by atoms with Crippen LogP contribution in [0.15, 0.2) is 53.5 Å². The van der Waals surface area contributed by atoms with Crippen LogP contribution in [0.1, 0.15) is 23.2 Å². The smallest absolute Gasteiger partial charge is 0.252 e. The molecular weight excluding hydrogens is 390 g/mol. The van der Waals surface area contributed by atoms with Gasteiger partial charge in [0, 0.05) is 43.0 Å². The fraction of sp³-hybridized carbons (Fsp3) is 0.286. The molecule has 3 N–H and O–H groups in total. The predicted molar refractivity (Wildman–Crippen MR) is 113 cm³/mol. The van der Waals surface area contributed by atoms with E-state index < -0.39 is 0 Å². The van der Waals surface area contributed by atoms with E-state index in [0.29, 0.717) is 23.0 Å². The van der Waals surface area contributed by atoms with Gasteiger partial charge in [0.15, 0.2) is 5.82 Å². The summed E-state index contributed by atoms with van der Waals surface area (Å²) in [5, 5.41) is 11.2. The molecule has 1 aliphatic heterocycles. The third-order valence-corrected chi connectivity index (χ3v) is 5.51. The molecule has 0 radical (unpaired) electrons. The van der Waals surface area contributed by atoms with Crippen molar-refractivity contribution in [2.75, 3.05) is 24.5 Å². The molecule has 1 amide bonds. The minimum atomic E-state index is -0.216. The summed E-state index contributed by atoms with van der Waals surface area (Å²) >= 11 is 5.95. The Kier molecular flexibility index (Phi) is 5.67. The first kappa shape index (κ1) is 19.3. The van der Waals surface area contributed by atoms with Crippen molar-refractivity contribution in [1.29, 1.82) is 0 Å². The molecule has 8 heteroatoms. The minimum Gasteiger partial charge on any atom is -0.355 e. The first-order chi connectivity index (χ1) is 14.1. The molecule has 7 nitrogen and oxygen atoms in total. The quantitative estimate of drug-likeness (QED) is 0.601. The van der Waals surface area contributed by atoms with Gasteiger partial charge in [0.2, 0.25) is 5.56 Å². The number of carbonyl (C=O) groups is 1. The lowest BCUT2D eigenvalue weighted by molar-refractivity contribution is 0.0944. The number of H-pyrrole nitrogens is 2. The normalized spacial score (nSPS) is 14.7. The van der Waals surface area contributed by atoms with Gasteiger partial charge < -0.3 is 15.2 Å². The van der Waals surface area contributed by atoms with Crippen molar-refractivity contribution >= 4 is 23.3 Å². The summed E-state index contributed by atoms with van der Waals surface area (Å²) in [6.07, 6.45) is 3.40. The highest BCUT2D eigenvalue weighted by Gasteiger charge is 2.22. The zero-order valence-electron chi connectivity index (χ0n) is 15.8. The van der Waals surface area contributed by atoms with Crippen LogP contribution in [0.3, 0.4) is 0 Å². The Morgan fingerprint density at radius 2 is 1.93 bits per heavy atom. The van der Waals surface area contributed by atoms with Gasteiger partial charge in [-0.3, -0.25) is 14.7 Å². The number of hydrogen-bond donors (Lipinski definition) is 3. The zero-order chi connectivity index (χ0) is 20.2. The molecule has 3 heterocycles. The standard InChI is InChI=1S/C21H22ClN5O2/c22-17-4-1-15(2-5-17)18-11-19(26-25-18)27-9-7-14(8-10-27)12-24-21(29)16-3-6-20(28)23-13-16/h1-6,11,13-14H,7-10,12H2,(H,23,28)(H,24,29)(H,25,26). The second kappa shape index (κ2) is 8.53. The van der Waals surface area contributed by atoms with Gasteiger partial charge in [0.05, 0.1) is 11.3 Å². The van der Waals surface area contributed by atoms with Crippen molar-refractivity contribution in [2.24, 2.45) is 5.92 Å². The molecule has 2 aromatic heterocycles. The Labute approximate surface area is 173 Å². The Bertz CT molecular complexity index is 1020. The van der Waals surface area contributed by atoms with Crippen LogP contribution in [-0.4, -0.2) is 40.7 Å². The molecule has 1 aromatic carbocycles. The molecule has 1 saturated heterocycles. The number of nitrogens with zero attached hydrogens (tertiary/aromatic N) is 2. The van der Waals surface area contributed by atoms with Crippen LogP contribution in [0.4, 0.5) is 5.82 Å². The molecule has 0 spiro atoms. The zero-order valence-corrected chi connectivity index (χ0v) is 16.6. The van der Waals surface area contributed by atoms with Gasteiger partial charge in [0.1, 0.15) is 0 Å². The molecule has 0 aliphatic carbocycles. The van der Waals surface area contributed by atoms with E-state index in [0.717, 1.165) is 43.0 Å². The van der Waals surface area contributed by atoms with Crippen LogP contribution in [0.2, 0.25) is 5.02 Å². The van der Waals surface area contributed by atoms with Crippen molar-refractivity contribution in [2.45, 2.75) is 12.8 Å². The van der Waals surface area contributed by atoms with E-state index in [1.807, 2.05) is 24.3 Å². The topological polar surface area (TPSA) is 93.9 Å². The van der Waals surface area contributed by atoms with Crippen molar-refractivity contribution in [3.63, 3.8) is 0 Å². The number of benzene rings is 1. The van der Waals surface area contributed by atoms with E-state index in [4.69, 9.17) is 11.6 Å². The predicted octanol–water partition coefficient (Wildman–Crippen LogP) is 3.06. The molecule has 0 bridgehead atoms. The molecule has 1 fully saturated rings. The van der Waals surface area contributed by atoms with Crippen LogP contribution < -0.4 is 15.8 Å². The van der Waals surface area contributed by atoms with Gasteiger partial charge in [-0.2, -0.15) is 5.10 Å². The molecule has 150 valence electrons. The SMILES string of the molecule is O=C(NCC1CCN(c2cc(-c3ccc(Cl)cc3)[nH]n2)CC1)c1ccc(=O)[nH]c1. The highest BCUT2D eigenvalue weighted by atomic mass is 35.5. The third kappa shape index (κ3) is 4.68. The lowest BCUT2D eigenvalue weighted by Gasteiger charge is -2.32. The Hall–Kier alpha value is -3.06. The van der Waals surface area contributed by atoms with Gasteiger partial charge in [-0.05, 0) is 42.5 Å². The number of rotatable bonds is 5. The van der Waals surface area contributed by atoms with Crippen molar-refractivity contribution in [3.8, 4) is 11.3 Å². The fourth-order valence-electron chi connectivity index (χ4n) is 3.51. The number of anilines is 1. The highest BCUT2D eigenvalue weighted by molar-refractivity contribution is 6.30. The van der Waals surface area contributed by atoms with Crippen molar-refractivity contribution in [3.05, 3.63) is 69.6 Å². The Balaban J connectivity index is 1.28. The van der Waals surface area contributed by atoms with E-state index in [-0.39, 0.29) is 11.5 Å². The van der Waals surface area contributed by atoms with Crippen LogP contribution in [-0.2, 0) is 0 Å². The van der Waals surface area contributed by atoms with Crippen molar-refractivity contribution in [1.82, 2.24) is 20.5 Å². The molecule has 4 rings (SSSR count). The molecular formula is C21H22ClN5O2. The number of carbonyl (C=O) groups excluding carboxylic acids is 1.